The Hall–Kier alpha value is -5.62. The van der Waals surface area contributed by atoms with Gasteiger partial charge in [-0.05, 0) is 71.4 Å². The van der Waals surface area contributed by atoms with Crippen LogP contribution in [0.1, 0.15) is 0 Å². The number of hydrogen-bond donors (Lipinski definition) is 2. The van der Waals surface area contributed by atoms with E-state index in [0.29, 0.717) is 65.1 Å². The fraction of sp³-hybridized carbons (Fsp3) is 0. The van der Waals surface area contributed by atoms with Crippen LogP contribution in [-0.4, -0.2) is 29.3 Å². The molecule has 0 bridgehead atoms. The Kier molecular flexibility index (Phi) is 5.28. The number of furan rings is 1. The van der Waals surface area contributed by atoms with Crippen LogP contribution in [0.25, 0.3) is 109 Å². The molecule has 5 aromatic heterocycles. The molecule has 0 saturated heterocycles. The third-order valence-corrected chi connectivity index (χ3v) is 11.3. The summed E-state index contributed by atoms with van der Waals surface area (Å²) >= 11 is 1.62. The summed E-state index contributed by atoms with van der Waals surface area (Å²) in [7, 11) is 0. The second-order valence-corrected chi connectivity index (χ2v) is 14.0. The largest absolute Gasteiger partial charge is 0.456 e. The molecule has 12 rings (SSSR count). The minimum absolute atomic E-state index is 0.196. The molecule has 0 atom stereocenters. The smallest absolute Gasteiger partial charge is 0.264 e. The standard InChI is InChI=1S/C36H14N4O9S2/c41-35-18-6-4-16-15-3-5-17-27-20(36(42)40-24-10-14(51-49-47-44)1-7-21(24)37-33(17)40)12-26-32(29(15)27)31-25(45-26)11-19(28(18)30(16)31)34-38-22-9-13(50-48-46-43)2-8-23(22)39(34)35/h1-12,43-44H. The number of aromatic nitrogens is 4. The molecule has 0 unspecified atom stereocenters. The Labute approximate surface area is 288 Å². The molecule has 15 heteroatoms. The van der Waals surface area contributed by atoms with Crippen molar-refractivity contribution in [3.63, 3.8) is 0 Å². The molecule has 0 fully saturated rings. The van der Waals surface area contributed by atoms with Gasteiger partial charge in [-0.25, -0.2) is 20.5 Å². The van der Waals surface area contributed by atoms with E-state index in [1.54, 1.807) is 51.3 Å². The molecule has 0 amide bonds. The van der Waals surface area contributed by atoms with E-state index in [9.17, 15) is 9.59 Å². The molecule has 0 aliphatic rings. The highest BCUT2D eigenvalue weighted by Gasteiger charge is 2.28. The van der Waals surface area contributed by atoms with Crippen LogP contribution in [-0.2, 0) is 18.7 Å². The minimum Gasteiger partial charge on any atom is -0.456 e. The maximum atomic E-state index is 14.5. The van der Waals surface area contributed by atoms with Crippen LogP contribution in [0.2, 0.25) is 0 Å². The summed E-state index contributed by atoms with van der Waals surface area (Å²) in [5.41, 5.74) is 4.11. The van der Waals surface area contributed by atoms with Gasteiger partial charge >= 0.3 is 0 Å². The lowest BCUT2D eigenvalue weighted by molar-refractivity contribution is -0.432. The first-order valence-corrected chi connectivity index (χ1v) is 16.9. The van der Waals surface area contributed by atoms with Gasteiger partial charge < -0.3 is 4.42 Å². The summed E-state index contributed by atoms with van der Waals surface area (Å²) in [4.78, 5) is 39.7. The van der Waals surface area contributed by atoms with Crippen LogP contribution >= 0.6 is 24.1 Å². The molecule has 0 aliphatic heterocycles. The predicted molar refractivity (Wildman–Crippen MR) is 192 cm³/mol. The summed E-state index contributed by atoms with van der Waals surface area (Å²) in [6, 6.07) is 22.2. The normalized spacial score (nSPS) is 13.1. The van der Waals surface area contributed by atoms with Crippen molar-refractivity contribution < 1.29 is 33.7 Å². The molecule has 13 nitrogen and oxygen atoms in total. The molecule has 0 aliphatic carbocycles. The van der Waals surface area contributed by atoms with E-state index in [0.717, 1.165) is 77.9 Å². The molecule has 0 spiro atoms. The van der Waals surface area contributed by atoms with Gasteiger partial charge in [-0.15, -0.1) is 8.67 Å². The number of hydrogen-bond acceptors (Lipinski definition) is 13. The van der Waals surface area contributed by atoms with Crippen molar-refractivity contribution in [2.45, 2.75) is 9.79 Å². The van der Waals surface area contributed by atoms with Gasteiger partial charge in [0.25, 0.3) is 11.1 Å². The number of pyridine rings is 2. The quantitative estimate of drug-likeness (QED) is 0.0559. The minimum atomic E-state index is -0.251. The van der Waals surface area contributed by atoms with E-state index in [2.05, 4.69) is 24.8 Å². The van der Waals surface area contributed by atoms with Gasteiger partial charge in [0.15, 0.2) is 0 Å². The van der Waals surface area contributed by atoms with Crippen LogP contribution in [0.3, 0.4) is 0 Å². The van der Waals surface area contributed by atoms with E-state index < -0.39 is 0 Å². The van der Waals surface area contributed by atoms with E-state index in [1.807, 2.05) is 24.3 Å². The summed E-state index contributed by atoms with van der Waals surface area (Å²) in [6.07, 6.45) is 0. The number of imidazole rings is 2. The molecule has 5 heterocycles. The second kappa shape index (κ2) is 9.58. The Bertz CT molecular complexity index is 3560. The van der Waals surface area contributed by atoms with Crippen molar-refractivity contribution in [1.29, 1.82) is 0 Å². The number of nitrogens with zero attached hydrogens (tertiary/aromatic N) is 4. The van der Waals surface area contributed by atoms with E-state index in [4.69, 9.17) is 24.9 Å². The summed E-state index contributed by atoms with van der Waals surface area (Å²) in [6.45, 7) is 0. The second-order valence-electron chi connectivity index (χ2n) is 12.4. The van der Waals surface area contributed by atoms with E-state index in [-0.39, 0.29) is 11.1 Å². The molecule has 0 saturated carbocycles. The highest BCUT2D eigenvalue weighted by Crippen LogP contribution is 2.50. The summed E-state index contributed by atoms with van der Waals surface area (Å²) in [5, 5.41) is 34.4. The molecule has 0 radical (unpaired) electrons. The number of rotatable bonds is 6. The Balaban J connectivity index is 1.24. The van der Waals surface area contributed by atoms with Gasteiger partial charge in [0.05, 0.1) is 51.5 Å². The van der Waals surface area contributed by atoms with E-state index >= 15 is 0 Å². The van der Waals surface area contributed by atoms with Crippen LogP contribution in [0.5, 0.6) is 0 Å². The van der Waals surface area contributed by atoms with E-state index in [1.165, 1.54) is 0 Å². The first-order chi connectivity index (χ1) is 25.0. The average molecular weight is 711 g/mol. The Morgan fingerprint density at radius 3 is 1.84 bits per heavy atom. The van der Waals surface area contributed by atoms with Gasteiger partial charge in [0, 0.05) is 58.3 Å². The molecular weight excluding hydrogens is 697 g/mol. The molecule has 2 N–H and O–H groups in total. The zero-order valence-corrected chi connectivity index (χ0v) is 26.9. The zero-order valence-electron chi connectivity index (χ0n) is 25.3. The lowest BCUT2D eigenvalue weighted by Crippen LogP contribution is -2.14. The maximum absolute atomic E-state index is 14.5. The summed E-state index contributed by atoms with van der Waals surface area (Å²) in [5.74, 6) is 0. The highest BCUT2D eigenvalue weighted by atomic mass is 32.2. The van der Waals surface area contributed by atoms with Crippen molar-refractivity contribution in [3.05, 3.63) is 93.5 Å². The topological polar surface area (TPSA) is 159 Å². The third-order valence-electron chi connectivity index (χ3n) is 10.2. The van der Waals surface area contributed by atoms with Crippen LogP contribution < -0.4 is 11.1 Å². The van der Waals surface area contributed by atoms with Gasteiger partial charge in [-0.2, -0.15) is 0 Å². The fourth-order valence-electron chi connectivity index (χ4n) is 8.36. The molecule has 244 valence electrons. The van der Waals surface area contributed by atoms with Crippen molar-refractivity contribution in [2.75, 3.05) is 0 Å². The van der Waals surface area contributed by atoms with Gasteiger partial charge in [0.2, 0.25) is 0 Å². The van der Waals surface area contributed by atoms with Crippen LogP contribution in [0, 0.1) is 0 Å². The first-order valence-electron chi connectivity index (χ1n) is 15.4. The SMILES string of the molecule is O=c1c2ccc3c4ccc5c6c(cc7oc8cc(c2c3c8c7c46)c2nc3cc(SOOO)ccc3n12)c(=O)n1c2cc(SOOO)ccc2nc51. The zero-order chi connectivity index (χ0) is 33.9. The van der Waals surface area contributed by atoms with Crippen molar-refractivity contribution in [1.82, 2.24) is 18.8 Å². The fourth-order valence-corrected chi connectivity index (χ4v) is 9.14. The Morgan fingerprint density at radius 1 is 0.529 bits per heavy atom. The van der Waals surface area contributed by atoms with Gasteiger partial charge in [-0.1, -0.05) is 22.2 Å². The first kappa shape index (κ1) is 28.1. The van der Waals surface area contributed by atoms with Crippen molar-refractivity contribution in [2.24, 2.45) is 0 Å². The lowest BCUT2D eigenvalue weighted by atomic mass is 9.86. The monoisotopic (exact) mass is 710 g/mol. The lowest BCUT2D eigenvalue weighted by Gasteiger charge is -2.16. The number of benzene rings is 7. The van der Waals surface area contributed by atoms with Crippen molar-refractivity contribution >= 4 is 133 Å². The van der Waals surface area contributed by atoms with Gasteiger partial charge in [-0.3, -0.25) is 18.4 Å². The molecule has 12 aromatic rings. The maximum Gasteiger partial charge on any atom is 0.264 e. The predicted octanol–water partition coefficient (Wildman–Crippen LogP) is 8.28. The summed E-state index contributed by atoms with van der Waals surface area (Å²) < 4.78 is 19.1. The molecule has 7 aromatic carbocycles. The average Bonchev–Trinajstić information content (AvgIpc) is 3.85. The molecular formula is C36H14N4O9S2. The number of fused-ring (bicyclic) bond motifs is 9. The van der Waals surface area contributed by atoms with Gasteiger partial charge in [0.1, 0.15) is 22.5 Å². The van der Waals surface area contributed by atoms with Crippen molar-refractivity contribution in [3.8, 4) is 0 Å². The highest BCUT2D eigenvalue weighted by molar-refractivity contribution is 7.94. The third kappa shape index (κ3) is 3.34. The van der Waals surface area contributed by atoms with Crippen LogP contribution in [0.4, 0.5) is 0 Å². The molecule has 51 heavy (non-hydrogen) atoms. The van der Waals surface area contributed by atoms with Crippen LogP contribution in [0.15, 0.2) is 96.6 Å². The Morgan fingerprint density at radius 2 is 1.10 bits per heavy atom.